The van der Waals surface area contributed by atoms with Gasteiger partial charge in [-0.3, -0.25) is 14.4 Å². The van der Waals surface area contributed by atoms with Gasteiger partial charge in [0.1, 0.15) is 12.7 Å². The molecule has 3 rings (SSSR count). The number of hydrogen-bond acceptors (Lipinski definition) is 4. The third-order valence-electron chi connectivity index (χ3n) is 4.24. The van der Waals surface area contributed by atoms with Crippen molar-refractivity contribution in [2.45, 2.75) is 50.7 Å². The molecule has 0 radical (unpaired) electrons. The van der Waals surface area contributed by atoms with Gasteiger partial charge in [-0.15, -0.1) is 0 Å². The second-order valence-electron chi connectivity index (χ2n) is 5.47. The van der Waals surface area contributed by atoms with E-state index in [-0.39, 0.29) is 5.91 Å². The lowest BCUT2D eigenvalue weighted by molar-refractivity contribution is -0.122. The molecule has 0 aromatic carbocycles. The number of aryl methyl sites for hydroxylation is 1. The molecule has 104 valence electrons. The molecule has 3 heterocycles. The molecule has 19 heavy (non-hydrogen) atoms. The van der Waals surface area contributed by atoms with Gasteiger partial charge in [0.25, 0.3) is 0 Å². The van der Waals surface area contributed by atoms with Crippen LogP contribution in [0.15, 0.2) is 12.7 Å². The van der Waals surface area contributed by atoms with Gasteiger partial charge >= 0.3 is 0 Å². The highest BCUT2D eigenvalue weighted by molar-refractivity contribution is 5.76. The smallest absolute Gasteiger partial charge is 0.222 e. The van der Waals surface area contributed by atoms with Crippen LogP contribution in [0.4, 0.5) is 0 Å². The summed E-state index contributed by atoms with van der Waals surface area (Å²) in [5.74, 6) is 0.132. The largest absolute Gasteiger partial charge is 0.352 e. The molecule has 2 aliphatic heterocycles. The molecule has 6 heteroatoms. The SMILES string of the molecule is O=C(CCn1cncn1)NC1CCN2CCCCC12. The van der Waals surface area contributed by atoms with Crippen LogP contribution in [0.1, 0.15) is 32.1 Å². The molecule has 1 amide bonds. The number of hydrogen-bond donors (Lipinski definition) is 1. The number of nitrogens with zero attached hydrogens (tertiary/aromatic N) is 4. The fourth-order valence-corrected chi connectivity index (χ4v) is 3.26. The number of piperidine rings is 1. The first kappa shape index (κ1) is 12.6. The Balaban J connectivity index is 1.47. The molecule has 2 aliphatic rings. The van der Waals surface area contributed by atoms with Crippen molar-refractivity contribution in [3.05, 3.63) is 12.7 Å². The van der Waals surface area contributed by atoms with E-state index in [1.165, 1.54) is 32.1 Å². The predicted octanol–water partition coefficient (Wildman–Crippen LogP) is 0.411. The number of nitrogens with one attached hydrogen (secondary N) is 1. The summed E-state index contributed by atoms with van der Waals surface area (Å²) in [5, 5.41) is 7.20. The molecule has 2 atom stereocenters. The van der Waals surface area contributed by atoms with Gasteiger partial charge in [0.15, 0.2) is 0 Å². The lowest BCUT2D eigenvalue weighted by atomic mass is 9.99. The fourth-order valence-electron chi connectivity index (χ4n) is 3.26. The molecule has 2 unspecified atom stereocenters. The first-order valence-corrected chi connectivity index (χ1v) is 7.19. The van der Waals surface area contributed by atoms with Crippen LogP contribution < -0.4 is 5.32 Å². The third-order valence-corrected chi connectivity index (χ3v) is 4.24. The van der Waals surface area contributed by atoms with Gasteiger partial charge in [0, 0.05) is 25.0 Å². The van der Waals surface area contributed by atoms with Crippen LogP contribution in [0.25, 0.3) is 0 Å². The van der Waals surface area contributed by atoms with Crippen LogP contribution in [-0.4, -0.2) is 50.7 Å². The van der Waals surface area contributed by atoms with E-state index in [1.807, 2.05) is 0 Å². The van der Waals surface area contributed by atoms with Crippen LogP contribution in [-0.2, 0) is 11.3 Å². The summed E-state index contributed by atoms with van der Waals surface area (Å²) < 4.78 is 1.70. The highest BCUT2D eigenvalue weighted by Gasteiger charge is 2.35. The van der Waals surface area contributed by atoms with E-state index in [2.05, 4.69) is 20.3 Å². The zero-order valence-corrected chi connectivity index (χ0v) is 11.2. The highest BCUT2D eigenvalue weighted by atomic mass is 16.1. The van der Waals surface area contributed by atoms with Gasteiger partial charge in [-0.05, 0) is 25.8 Å². The van der Waals surface area contributed by atoms with Gasteiger partial charge in [-0.2, -0.15) is 5.10 Å². The molecular weight excluding hydrogens is 242 g/mol. The van der Waals surface area contributed by atoms with E-state index in [9.17, 15) is 4.79 Å². The molecular formula is C13H21N5O. The van der Waals surface area contributed by atoms with Crippen molar-refractivity contribution in [2.24, 2.45) is 0 Å². The predicted molar refractivity (Wildman–Crippen MR) is 70.4 cm³/mol. The van der Waals surface area contributed by atoms with Gasteiger partial charge in [0.05, 0.1) is 6.54 Å². The molecule has 0 spiro atoms. The number of carbonyl (C=O) groups excluding carboxylic acids is 1. The topological polar surface area (TPSA) is 63.1 Å². The lowest BCUT2D eigenvalue weighted by Gasteiger charge is -2.32. The summed E-state index contributed by atoms with van der Waals surface area (Å²) in [6, 6.07) is 0.924. The number of aromatic nitrogens is 3. The van der Waals surface area contributed by atoms with E-state index in [0.717, 1.165) is 13.0 Å². The second kappa shape index (κ2) is 5.69. The average molecular weight is 263 g/mol. The molecule has 0 bridgehead atoms. The Morgan fingerprint density at radius 1 is 1.32 bits per heavy atom. The van der Waals surface area contributed by atoms with Gasteiger partial charge < -0.3 is 5.32 Å². The molecule has 1 aromatic rings. The monoisotopic (exact) mass is 263 g/mol. The summed E-state index contributed by atoms with van der Waals surface area (Å²) >= 11 is 0. The van der Waals surface area contributed by atoms with Crippen molar-refractivity contribution in [3.8, 4) is 0 Å². The summed E-state index contributed by atoms with van der Waals surface area (Å²) in [6.45, 7) is 2.95. The summed E-state index contributed by atoms with van der Waals surface area (Å²) in [6.07, 6.45) is 8.55. The Morgan fingerprint density at radius 2 is 2.26 bits per heavy atom. The Kier molecular flexibility index (Phi) is 3.77. The molecule has 2 fully saturated rings. The van der Waals surface area contributed by atoms with Crippen molar-refractivity contribution >= 4 is 5.91 Å². The Morgan fingerprint density at radius 3 is 3.11 bits per heavy atom. The van der Waals surface area contributed by atoms with E-state index in [1.54, 1.807) is 11.0 Å². The Hall–Kier alpha value is -1.43. The molecule has 1 aromatic heterocycles. The fraction of sp³-hybridized carbons (Fsp3) is 0.769. The van der Waals surface area contributed by atoms with Crippen LogP contribution in [0.2, 0.25) is 0 Å². The minimum atomic E-state index is 0.132. The summed E-state index contributed by atoms with van der Waals surface area (Å²) in [5.41, 5.74) is 0. The average Bonchev–Trinajstić information content (AvgIpc) is 3.07. The number of amides is 1. The quantitative estimate of drug-likeness (QED) is 0.854. The van der Waals surface area contributed by atoms with E-state index < -0.39 is 0 Å². The minimum Gasteiger partial charge on any atom is -0.352 e. The maximum absolute atomic E-state index is 12.0. The van der Waals surface area contributed by atoms with Crippen molar-refractivity contribution in [1.82, 2.24) is 25.0 Å². The van der Waals surface area contributed by atoms with Crippen molar-refractivity contribution in [2.75, 3.05) is 13.1 Å². The van der Waals surface area contributed by atoms with E-state index in [4.69, 9.17) is 0 Å². The molecule has 6 nitrogen and oxygen atoms in total. The van der Waals surface area contributed by atoms with Gasteiger partial charge in [0.2, 0.25) is 5.91 Å². The molecule has 2 saturated heterocycles. The zero-order valence-electron chi connectivity index (χ0n) is 11.2. The van der Waals surface area contributed by atoms with E-state index in [0.29, 0.717) is 25.0 Å². The maximum atomic E-state index is 12.0. The van der Waals surface area contributed by atoms with Crippen LogP contribution in [0.5, 0.6) is 0 Å². The number of rotatable bonds is 4. The second-order valence-corrected chi connectivity index (χ2v) is 5.47. The number of fused-ring (bicyclic) bond motifs is 1. The molecule has 0 aliphatic carbocycles. The number of carbonyl (C=O) groups is 1. The van der Waals surface area contributed by atoms with Crippen molar-refractivity contribution < 1.29 is 4.79 Å². The third kappa shape index (κ3) is 2.94. The molecule has 1 N–H and O–H groups in total. The Labute approximate surface area is 113 Å². The Bertz CT molecular complexity index is 419. The van der Waals surface area contributed by atoms with Crippen molar-refractivity contribution in [1.29, 1.82) is 0 Å². The lowest BCUT2D eigenvalue weighted by Crippen LogP contribution is -2.46. The van der Waals surface area contributed by atoms with Crippen LogP contribution >= 0.6 is 0 Å². The first-order chi connectivity index (χ1) is 9.33. The first-order valence-electron chi connectivity index (χ1n) is 7.19. The summed E-state index contributed by atoms with van der Waals surface area (Å²) in [7, 11) is 0. The van der Waals surface area contributed by atoms with E-state index >= 15 is 0 Å². The van der Waals surface area contributed by atoms with Crippen LogP contribution in [0.3, 0.4) is 0 Å². The summed E-state index contributed by atoms with van der Waals surface area (Å²) in [4.78, 5) is 18.4. The molecule has 0 saturated carbocycles. The van der Waals surface area contributed by atoms with Crippen LogP contribution in [0, 0.1) is 0 Å². The standard InChI is InChI=1S/C13H21N5O/c19-13(5-8-18-10-14-9-15-18)16-11-4-7-17-6-2-1-3-12(11)17/h9-12H,1-8H2,(H,16,19). The normalized spacial score (nSPS) is 27.2. The minimum absolute atomic E-state index is 0.132. The van der Waals surface area contributed by atoms with Crippen molar-refractivity contribution in [3.63, 3.8) is 0 Å². The highest BCUT2D eigenvalue weighted by Crippen LogP contribution is 2.27. The van der Waals surface area contributed by atoms with Gasteiger partial charge in [-0.1, -0.05) is 6.42 Å². The van der Waals surface area contributed by atoms with Gasteiger partial charge in [-0.25, -0.2) is 4.98 Å². The zero-order chi connectivity index (χ0) is 13.1. The maximum Gasteiger partial charge on any atom is 0.222 e.